The van der Waals surface area contributed by atoms with Crippen molar-refractivity contribution in [2.75, 3.05) is 24.6 Å². The molecule has 112 valence electrons. The summed E-state index contributed by atoms with van der Waals surface area (Å²) in [4.78, 5) is -0.470. The number of hydrogen-bond donors (Lipinski definition) is 1. The highest BCUT2D eigenvalue weighted by Crippen LogP contribution is 2.36. The zero-order valence-electron chi connectivity index (χ0n) is 10.6. The van der Waals surface area contributed by atoms with E-state index < -0.39 is 20.7 Å². The van der Waals surface area contributed by atoms with Crippen molar-refractivity contribution in [2.24, 2.45) is 0 Å². The van der Waals surface area contributed by atoms with Gasteiger partial charge in [-0.3, -0.25) is 0 Å². The molecule has 0 aliphatic carbocycles. The lowest BCUT2D eigenvalue weighted by atomic mass is 10.3. The maximum absolute atomic E-state index is 14.2. The number of nitrogen functional groups attached to an aromatic ring is 1. The van der Waals surface area contributed by atoms with Crippen LogP contribution in [0.4, 0.5) is 10.1 Å². The van der Waals surface area contributed by atoms with Gasteiger partial charge in [0.1, 0.15) is 4.90 Å². The molecule has 1 fully saturated rings. The number of nitrogens with zero attached hydrogens (tertiary/aromatic N) is 1. The lowest BCUT2D eigenvalue weighted by Gasteiger charge is -2.30. The number of anilines is 1. The van der Waals surface area contributed by atoms with E-state index in [2.05, 4.69) is 15.9 Å². The second kappa shape index (κ2) is 6.00. The highest BCUT2D eigenvalue weighted by atomic mass is 79.9. The van der Waals surface area contributed by atoms with E-state index in [1.54, 1.807) is 11.8 Å². The largest absolute Gasteiger partial charge is 0.395 e. The summed E-state index contributed by atoms with van der Waals surface area (Å²) in [5.74, 6) is -0.283. The topological polar surface area (TPSA) is 63.4 Å². The highest BCUT2D eigenvalue weighted by molar-refractivity contribution is 9.10. The first-order valence-corrected chi connectivity index (χ1v) is 9.46. The molecule has 0 bridgehead atoms. The van der Waals surface area contributed by atoms with Crippen molar-refractivity contribution in [3.63, 3.8) is 0 Å². The fourth-order valence-corrected chi connectivity index (χ4v) is 5.35. The van der Waals surface area contributed by atoms with Crippen molar-refractivity contribution in [3.05, 3.63) is 21.4 Å². The third kappa shape index (κ3) is 2.94. The number of rotatable bonds is 2. The minimum atomic E-state index is -3.93. The number of thioether (sulfide) groups is 1. The van der Waals surface area contributed by atoms with E-state index in [1.807, 2.05) is 6.92 Å². The molecule has 2 N–H and O–H groups in total. The third-order valence-electron chi connectivity index (χ3n) is 2.98. The van der Waals surface area contributed by atoms with Crippen LogP contribution in [0.15, 0.2) is 15.4 Å². The monoisotopic (exact) mass is 402 g/mol. The summed E-state index contributed by atoms with van der Waals surface area (Å²) in [6.45, 7) is 2.63. The SMILES string of the molecule is CC1CN(S(=O)(=O)c2cc(Cl)c(Br)c(N)c2F)CCS1. The standard InChI is InChI=1S/C11H13BrClFN2O2S2/c1-6-5-16(2-3-19-6)20(17,18)8-4-7(13)9(12)11(15)10(8)14/h4,6H,2-3,5,15H2,1H3. The summed E-state index contributed by atoms with van der Waals surface area (Å²) >= 11 is 10.6. The fraction of sp³-hybridized carbons (Fsp3) is 0.455. The van der Waals surface area contributed by atoms with Gasteiger partial charge in [0, 0.05) is 24.1 Å². The molecule has 9 heteroatoms. The summed E-state index contributed by atoms with van der Waals surface area (Å²) in [5.41, 5.74) is 5.25. The van der Waals surface area contributed by atoms with Crippen molar-refractivity contribution >= 4 is 55.0 Å². The molecule has 1 aliphatic heterocycles. The Labute approximate surface area is 135 Å². The number of hydrogen-bond acceptors (Lipinski definition) is 4. The molecule has 4 nitrogen and oxygen atoms in total. The van der Waals surface area contributed by atoms with Crippen molar-refractivity contribution in [1.82, 2.24) is 4.31 Å². The van der Waals surface area contributed by atoms with Crippen molar-refractivity contribution in [1.29, 1.82) is 0 Å². The van der Waals surface area contributed by atoms with Crippen LogP contribution in [0.25, 0.3) is 0 Å². The van der Waals surface area contributed by atoms with Gasteiger partial charge in [0.15, 0.2) is 5.82 Å². The van der Waals surface area contributed by atoms with Crippen LogP contribution in [0.5, 0.6) is 0 Å². The van der Waals surface area contributed by atoms with Crippen LogP contribution < -0.4 is 5.73 Å². The number of benzene rings is 1. The van der Waals surface area contributed by atoms with Crippen LogP contribution in [-0.4, -0.2) is 36.8 Å². The normalized spacial score (nSPS) is 21.1. The molecule has 1 aliphatic rings. The quantitative estimate of drug-likeness (QED) is 0.609. The Morgan fingerprint density at radius 1 is 1.60 bits per heavy atom. The predicted octanol–water partition coefficient (Wildman–Crippen LogP) is 2.95. The number of sulfonamides is 1. The van der Waals surface area contributed by atoms with Crippen molar-refractivity contribution in [2.45, 2.75) is 17.1 Å². The zero-order chi connectivity index (χ0) is 15.1. The molecule has 0 aromatic heterocycles. The van der Waals surface area contributed by atoms with E-state index in [9.17, 15) is 12.8 Å². The van der Waals surface area contributed by atoms with Crippen LogP contribution in [0.3, 0.4) is 0 Å². The fourth-order valence-electron chi connectivity index (χ4n) is 1.93. The predicted molar refractivity (Wildman–Crippen MR) is 84.2 cm³/mol. The molecule has 1 aromatic rings. The van der Waals surface area contributed by atoms with Gasteiger partial charge < -0.3 is 5.73 Å². The van der Waals surface area contributed by atoms with E-state index in [0.717, 1.165) is 6.07 Å². The summed E-state index contributed by atoms with van der Waals surface area (Å²) in [6, 6.07) is 1.10. The molecule has 1 saturated heterocycles. The van der Waals surface area contributed by atoms with E-state index >= 15 is 0 Å². The summed E-state index contributed by atoms with van der Waals surface area (Å²) in [5, 5.41) is 0.242. The molecule has 2 rings (SSSR count). The Balaban J connectivity index is 2.50. The Kier molecular flexibility index (Phi) is 4.91. The molecular formula is C11H13BrClFN2O2S2. The second-order valence-electron chi connectivity index (χ2n) is 4.44. The Bertz CT molecular complexity index is 642. The average molecular weight is 404 g/mol. The number of nitrogens with two attached hydrogens (primary N) is 1. The first-order valence-electron chi connectivity index (χ1n) is 5.80. The molecule has 1 heterocycles. The van der Waals surface area contributed by atoms with E-state index in [1.165, 1.54) is 4.31 Å². The molecule has 0 amide bonds. The molecule has 1 aromatic carbocycles. The van der Waals surface area contributed by atoms with Crippen molar-refractivity contribution in [3.8, 4) is 0 Å². The van der Waals surface area contributed by atoms with Gasteiger partial charge in [0.25, 0.3) is 0 Å². The zero-order valence-corrected chi connectivity index (χ0v) is 14.5. The number of halogens is 3. The molecule has 0 saturated carbocycles. The lowest BCUT2D eigenvalue weighted by Crippen LogP contribution is -2.41. The Hall–Kier alpha value is -0.0200. The van der Waals surface area contributed by atoms with Gasteiger partial charge in [-0.2, -0.15) is 16.1 Å². The van der Waals surface area contributed by atoms with E-state index in [0.29, 0.717) is 18.8 Å². The van der Waals surface area contributed by atoms with Gasteiger partial charge >= 0.3 is 0 Å². The Morgan fingerprint density at radius 2 is 2.25 bits per heavy atom. The van der Waals surface area contributed by atoms with Crippen LogP contribution in [0, 0.1) is 5.82 Å². The van der Waals surface area contributed by atoms with Gasteiger partial charge in [-0.05, 0) is 22.0 Å². The molecule has 1 atom stereocenters. The summed E-state index contributed by atoms with van der Waals surface area (Å²) < 4.78 is 40.6. The molecule has 0 spiro atoms. The molecule has 1 unspecified atom stereocenters. The average Bonchev–Trinajstić information content (AvgIpc) is 2.40. The third-order valence-corrected chi connectivity index (χ3v) is 7.36. The van der Waals surface area contributed by atoms with Crippen LogP contribution >= 0.6 is 39.3 Å². The van der Waals surface area contributed by atoms with Crippen LogP contribution in [0.2, 0.25) is 5.02 Å². The van der Waals surface area contributed by atoms with Gasteiger partial charge in [-0.1, -0.05) is 18.5 Å². The smallest absolute Gasteiger partial charge is 0.246 e. The van der Waals surface area contributed by atoms with E-state index in [-0.39, 0.29) is 20.4 Å². The van der Waals surface area contributed by atoms with Gasteiger partial charge in [0.05, 0.1) is 15.2 Å². The highest BCUT2D eigenvalue weighted by Gasteiger charge is 2.32. The minimum Gasteiger partial charge on any atom is -0.395 e. The van der Waals surface area contributed by atoms with Crippen molar-refractivity contribution < 1.29 is 12.8 Å². The maximum atomic E-state index is 14.2. The maximum Gasteiger partial charge on any atom is 0.246 e. The first kappa shape index (κ1) is 16.4. The van der Waals surface area contributed by atoms with Crippen LogP contribution in [0.1, 0.15) is 6.92 Å². The molecular weight excluding hydrogens is 391 g/mol. The van der Waals surface area contributed by atoms with Gasteiger partial charge in [0.2, 0.25) is 10.0 Å². The minimum absolute atomic E-state index is 0.0712. The van der Waals surface area contributed by atoms with E-state index in [4.69, 9.17) is 17.3 Å². The van der Waals surface area contributed by atoms with Gasteiger partial charge in [-0.25, -0.2) is 12.8 Å². The molecule has 20 heavy (non-hydrogen) atoms. The molecule has 0 radical (unpaired) electrons. The summed E-state index contributed by atoms with van der Waals surface area (Å²) in [7, 11) is -3.93. The first-order chi connectivity index (χ1) is 9.25. The second-order valence-corrected chi connectivity index (χ2v) is 9.10. The summed E-state index contributed by atoms with van der Waals surface area (Å²) in [6.07, 6.45) is 0. The lowest BCUT2D eigenvalue weighted by molar-refractivity contribution is 0.420. The Morgan fingerprint density at radius 3 is 2.85 bits per heavy atom. The van der Waals surface area contributed by atoms with Gasteiger partial charge in [-0.15, -0.1) is 0 Å². The van der Waals surface area contributed by atoms with Crippen LogP contribution in [-0.2, 0) is 10.0 Å².